The van der Waals surface area contributed by atoms with Crippen LogP contribution in [0.2, 0.25) is 0 Å². The fourth-order valence-corrected chi connectivity index (χ4v) is 0.508. The number of rotatable bonds is 1. The van der Waals surface area contributed by atoms with Gasteiger partial charge in [0.2, 0.25) is 0 Å². The normalized spacial score (nSPS) is 40.0. The number of carboxylic acid groups (broad SMARTS) is 1. The molecule has 0 radical (unpaired) electrons. The lowest BCUT2D eigenvalue weighted by Crippen LogP contribution is -2.20. The molecule has 0 saturated carbocycles. The summed E-state index contributed by atoms with van der Waals surface area (Å²) < 4.78 is 31.6. The molecule has 1 aliphatic rings. The van der Waals surface area contributed by atoms with Crippen LogP contribution in [0.4, 0.5) is 8.78 Å². The van der Waals surface area contributed by atoms with E-state index in [0.717, 1.165) is 0 Å². The number of carboxylic acids is 1. The number of alkyl halides is 2. The lowest BCUT2D eigenvalue weighted by Gasteiger charge is -1.98. The van der Waals surface area contributed by atoms with Crippen molar-refractivity contribution in [1.29, 1.82) is 0 Å². The second kappa shape index (κ2) is 2.47. The third kappa shape index (κ3) is 1.22. The summed E-state index contributed by atoms with van der Waals surface area (Å²) in [5.74, 6) is -1.54. The van der Waals surface area contributed by atoms with Gasteiger partial charge in [0, 0.05) is 0 Å². The minimum atomic E-state index is -2.29. The van der Waals surface area contributed by atoms with Crippen molar-refractivity contribution in [3.05, 3.63) is 0 Å². The predicted molar refractivity (Wildman–Crippen MR) is 23.4 cm³/mol. The van der Waals surface area contributed by atoms with E-state index in [-0.39, 0.29) is 0 Å². The van der Waals surface area contributed by atoms with E-state index in [9.17, 15) is 13.6 Å². The first-order valence-electron chi connectivity index (χ1n) is 2.43. The van der Waals surface area contributed by atoms with Crippen molar-refractivity contribution in [3.8, 4) is 0 Å². The average Bonchev–Trinajstić information content (AvgIpc) is 2.13. The molecular formula is C4H4F2O4. The van der Waals surface area contributed by atoms with E-state index >= 15 is 0 Å². The van der Waals surface area contributed by atoms with Gasteiger partial charge in [0.05, 0.1) is 0 Å². The fraction of sp³-hybridized carbons (Fsp3) is 0.750. The largest absolute Gasteiger partial charge is 0.477 e. The zero-order chi connectivity index (χ0) is 7.72. The van der Waals surface area contributed by atoms with Crippen LogP contribution in [-0.2, 0) is 14.3 Å². The summed E-state index contributed by atoms with van der Waals surface area (Å²) in [4.78, 5) is 9.91. The van der Waals surface area contributed by atoms with Crippen molar-refractivity contribution in [2.45, 2.75) is 19.0 Å². The standard InChI is InChI=1S/C4H4F2O4/c5-1-2(6)10-4(9-1)3(7)8/h1-2,4H,(H,7,8). The van der Waals surface area contributed by atoms with Crippen molar-refractivity contribution in [2.24, 2.45) is 0 Å². The molecule has 1 aliphatic heterocycles. The molecule has 1 saturated heterocycles. The molecule has 1 fully saturated rings. The second-order valence-electron chi connectivity index (χ2n) is 1.64. The Balaban J connectivity index is 2.49. The van der Waals surface area contributed by atoms with Crippen LogP contribution < -0.4 is 0 Å². The van der Waals surface area contributed by atoms with Crippen LogP contribution in [0, 0.1) is 0 Å². The molecule has 1 N–H and O–H groups in total. The van der Waals surface area contributed by atoms with Crippen molar-refractivity contribution in [2.75, 3.05) is 0 Å². The quantitative estimate of drug-likeness (QED) is 0.579. The summed E-state index contributed by atoms with van der Waals surface area (Å²) in [6, 6.07) is 0. The van der Waals surface area contributed by atoms with Crippen LogP contribution in [0.5, 0.6) is 0 Å². The number of carbonyl (C=O) groups is 1. The Morgan fingerprint density at radius 2 is 1.70 bits per heavy atom. The minimum absolute atomic E-state index is 1.54. The van der Waals surface area contributed by atoms with Crippen LogP contribution in [0.15, 0.2) is 0 Å². The van der Waals surface area contributed by atoms with E-state index in [1.54, 1.807) is 0 Å². The maximum Gasteiger partial charge on any atom is 0.361 e. The van der Waals surface area contributed by atoms with Gasteiger partial charge in [0.1, 0.15) is 0 Å². The van der Waals surface area contributed by atoms with Gasteiger partial charge in [-0.25, -0.2) is 13.6 Å². The Morgan fingerprint density at radius 3 is 1.90 bits per heavy atom. The van der Waals surface area contributed by atoms with Gasteiger partial charge in [-0.15, -0.1) is 0 Å². The van der Waals surface area contributed by atoms with E-state index < -0.39 is 25.0 Å². The Kier molecular flexibility index (Phi) is 1.82. The van der Waals surface area contributed by atoms with E-state index in [1.165, 1.54) is 0 Å². The summed E-state index contributed by atoms with van der Waals surface area (Å²) in [5.41, 5.74) is 0. The van der Waals surface area contributed by atoms with E-state index in [1.807, 2.05) is 0 Å². The highest BCUT2D eigenvalue weighted by Crippen LogP contribution is 2.20. The Bertz CT molecular complexity index is 140. The predicted octanol–water partition coefficient (Wildman–Crippen LogP) is 0.0351. The summed E-state index contributed by atoms with van der Waals surface area (Å²) in [5, 5.41) is 8.07. The summed E-state index contributed by atoms with van der Waals surface area (Å²) >= 11 is 0. The second-order valence-corrected chi connectivity index (χ2v) is 1.64. The van der Waals surface area contributed by atoms with Crippen molar-refractivity contribution < 1.29 is 28.2 Å². The van der Waals surface area contributed by atoms with Gasteiger partial charge in [0.25, 0.3) is 19.0 Å². The molecule has 0 aromatic carbocycles. The van der Waals surface area contributed by atoms with Gasteiger partial charge in [-0.05, 0) is 0 Å². The topological polar surface area (TPSA) is 55.8 Å². The smallest absolute Gasteiger partial charge is 0.361 e. The Hall–Kier alpha value is -0.750. The van der Waals surface area contributed by atoms with E-state index in [4.69, 9.17) is 5.11 Å². The third-order valence-corrected chi connectivity index (χ3v) is 0.915. The van der Waals surface area contributed by atoms with E-state index in [0.29, 0.717) is 0 Å². The van der Waals surface area contributed by atoms with Gasteiger partial charge < -0.3 is 14.6 Å². The summed E-state index contributed by atoms with van der Waals surface area (Å²) in [7, 11) is 0. The zero-order valence-electron chi connectivity index (χ0n) is 4.66. The molecule has 0 aromatic heterocycles. The summed E-state index contributed by atoms with van der Waals surface area (Å²) in [6.45, 7) is 0. The van der Waals surface area contributed by atoms with Gasteiger partial charge in [-0.2, -0.15) is 0 Å². The molecule has 4 nitrogen and oxygen atoms in total. The average molecular weight is 154 g/mol. The number of aliphatic carboxylic acids is 1. The monoisotopic (exact) mass is 154 g/mol. The van der Waals surface area contributed by atoms with Crippen LogP contribution in [-0.4, -0.2) is 30.1 Å². The van der Waals surface area contributed by atoms with Gasteiger partial charge in [-0.1, -0.05) is 0 Å². The van der Waals surface area contributed by atoms with Crippen molar-refractivity contribution in [1.82, 2.24) is 0 Å². The molecule has 0 aliphatic carbocycles. The first-order chi connectivity index (χ1) is 4.61. The molecule has 0 amide bonds. The molecule has 2 atom stereocenters. The van der Waals surface area contributed by atoms with E-state index in [2.05, 4.69) is 9.47 Å². The van der Waals surface area contributed by atoms with Gasteiger partial charge in [-0.3, -0.25) is 0 Å². The van der Waals surface area contributed by atoms with Crippen LogP contribution in [0.3, 0.4) is 0 Å². The van der Waals surface area contributed by atoms with Gasteiger partial charge in [0.15, 0.2) is 0 Å². The molecule has 2 unspecified atom stereocenters. The maximum absolute atomic E-state index is 11.9. The van der Waals surface area contributed by atoms with Crippen LogP contribution in [0.1, 0.15) is 0 Å². The molecule has 10 heavy (non-hydrogen) atoms. The fourth-order valence-electron chi connectivity index (χ4n) is 0.508. The number of hydrogen-bond acceptors (Lipinski definition) is 3. The lowest BCUT2D eigenvalue weighted by molar-refractivity contribution is -0.173. The Labute approximate surface area is 54.3 Å². The molecular weight excluding hydrogens is 150 g/mol. The zero-order valence-corrected chi connectivity index (χ0v) is 4.66. The molecule has 58 valence electrons. The van der Waals surface area contributed by atoms with Crippen LogP contribution >= 0.6 is 0 Å². The first kappa shape index (κ1) is 7.36. The van der Waals surface area contributed by atoms with Crippen molar-refractivity contribution in [3.63, 3.8) is 0 Å². The number of halogens is 2. The molecule has 0 aromatic rings. The molecule has 6 heteroatoms. The molecule has 0 spiro atoms. The lowest BCUT2D eigenvalue weighted by atomic mass is 10.7. The molecule has 1 rings (SSSR count). The first-order valence-corrected chi connectivity index (χ1v) is 2.43. The Morgan fingerprint density at radius 1 is 1.30 bits per heavy atom. The SMILES string of the molecule is O=C(O)C1OC(F)C(F)O1. The van der Waals surface area contributed by atoms with Gasteiger partial charge >= 0.3 is 5.97 Å². The minimum Gasteiger partial charge on any atom is -0.477 e. The van der Waals surface area contributed by atoms with Crippen molar-refractivity contribution >= 4 is 5.97 Å². The third-order valence-electron chi connectivity index (χ3n) is 0.915. The summed E-state index contributed by atoms with van der Waals surface area (Å²) in [6.07, 6.45) is -6.40. The highest BCUT2D eigenvalue weighted by Gasteiger charge is 2.40. The molecule has 1 heterocycles. The highest BCUT2D eigenvalue weighted by molar-refractivity contribution is 5.70. The maximum atomic E-state index is 11.9. The number of hydrogen-bond donors (Lipinski definition) is 1. The number of ether oxygens (including phenoxy) is 2. The molecule has 0 bridgehead atoms. The highest BCUT2D eigenvalue weighted by atomic mass is 19.2. The van der Waals surface area contributed by atoms with Crippen LogP contribution in [0.25, 0.3) is 0 Å².